The molecule has 5 nitrogen and oxygen atoms in total. The van der Waals surface area contributed by atoms with Gasteiger partial charge < -0.3 is 10.1 Å². The molecule has 104 valence electrons. The summed E-state index contributed by atoms with van der Waals surface area (Å²) >= 11 is 3.29. The van der Waals surface area contributed by atoms with E-state index in [0.29, 0.717) is 17.9 Å². The van der Waals surface area contributed by atoms with Crippen LogP contribution >= 0.6 is 15.9 Å². The van der Waals surface area contributed by atoms with E-state index in [1.54, 1.807) is 24.7 Å². The van der Waals surface area contributed by atoms with Crippen LogP contribution in [0.3, 0.4) is 0 Å². The minimum atomic E-state index is -0.412. The molecule has 0 aliphatic carbocycles. The Morgan fingerprint density at radius 1 is 1.40 bits per heavy atom. The smallest absolute Gasteiger partial charge is 0.341 e. The lowest BCUT2D eigenvalue weighted by molar-refractivity contribution is 0.0601. The highest BCUT2D eigenvalue weighted by molar-refractivity contribution is 9.10. The molecule has 20 heavy (non-hydrogen) atoms. The van der Waals surface area contributed by atoms with E-state index >= 15 is 0 Å². The number of hydrogen-bond donors (Lipinski definition) is 1. The topological polar surface area (TPSA) is 64.1 Å². The SMILES string of the molecule is COC(=O)c1cc(Br)cnc1NCCc1ccncc1. The number of pyridine rings is 2. The summed E-state index contributed by atoms with van der Waals surface area (Å²) in [7, 11) is 1.35. The summed E-state index contributed by atoms with van der Waals surface area (Å²) < 4.78 is 5.48. The van der Waals surface area contributed by atoms with Crippen LogP contribution in [0, 0.1) is 0 Å². The molecule has 1 N–H and O–H groups in total. The molecule has 0 unspecified atom stereocenters. The van der Waals surface area contributed by atoms with Crippen LogP contribution in [-0.2, 0) is 11.2 Å². The molecule has 0 aromatic carbocycles. The highest BCUT2D eigenvalue weighted by Gasteiger charge is 2.13. The van der Waals surface area contributed by atoms with Crippen molar-refractivity contribution in [3.63, 3.8) is 0 Å². The second-order valence-corrected chi connectivity index (χ2v) is 4.99. The van der Waals surface area contributed by atoms with Crippen molar-refractivity contribution in [2.45, 2.75) is 6.42 Å². The number of anilines is 1. The molecular formula is C14H14BrN3O2. The Morgan fingerprint density at radius 3 is 2.85 bits per heavy atom. The molecule has 6 heteroatoms. The first-order chi connectivity index (χ1) is 9.70. The van der Waals surface area contributed by atoms with Gasteiger partial charge in [-0.25, -0.2) is 9.78 Å². The van der Waals surface area contributed by atoms with Gasteiger partial charge in [0.1, 0.15) is 11.4 Å². The molecule has 0 bridgehead atoms. The van der Waals surface area contributed by atoms with Gasteiger partial charge >= 0.3 is 5.97 Å². The number of esters is 1. The Hall–Kier alpha value is -1.95. The van der Waals surface area contributed by atoms with Crippen LogP contribution in [0.1, 0.15) is 15.9 Å². The third-order valence-corrected chi connectivity index (χ3v) is 3.15. The number of nitrogens with one attached hydrogen (secondary N) is 1. The zero-order valence-electron chi connectivity index (χ0n) is 11.0. The molecule has 2 rings (SSSR count). The fourth-order valence-electron chi connectivity index (χ4n) is 1.72. The van der Waals surface area contributed by atoms with Crippen molar-refractivity contribution in [2.75, 3.05) is 19.0 Å². The van der Waals surface area contributed by atoms with Crippen molar-refractivity contribution in [1.82, 2.24) is 9.97 Å². The van der Waals surface area contributed by atoms with E-state index in [-0.39, 0.29) is 0 Å². The molecule has 0 amide bonds. The standard InChI is InChI=1S/C14H14BrN3O2/c1-20-14(19)12-8-11(15)9-18-13(12)17-7-4-10-2-5-16-6-3-10/h2-3,5-6,8-9H,4,7H2,1H3,(H,17,18). The Labute approximate surface area is 125 Å². The van der Waals surface area contributed by atoms with E-state index in [9.17, 15) is 4.79 Å². The summed E-state index contributed by atoms with van der Waals surface area (Å²) in [5.74, 6) is 0.110. The molecule has 0 saturated heterocycles. The van der Waals surface area contributed by atoms with E-state index in [1.807, 2.05) is 12.1 Å². The number of rotatable bonds is 5. The zero-order chi connectivity index (χ0) is 14.4. The molecule has 0 saturated carbocycles. The molecule has 2 aromatic heterocycles. The maximum atomic E-state index is 11.7. The van der Waals surface area contributed by atoms with Crippen molar-refractivity contribution in [2.24, 2.45) is 0 Å². The highest BCUT2D eigenvalue weighted by atomic mass is 79.9. The molecule has 2 heterocycles. The predicted molar refractivity (Wildman–Crippen MR) is 79.7 cm³/mol. The van der Waals surface area contributed by atoms with Crippen LogP contribution in [0.5, 0.6) is 0 Å². The van der Waals surface area contributed by atoms with E-state index in [0.717, 1.165) is 10.9 Å². The summed E-state index contributed by atoms with van der Waals surface area (Å²) in [6, 6.07) is 5.60. The van der Waals surface area contributed by atoms with Crippen molar-refractivity contribution < 1.29 is 9.53 Å². The minimum absolute atomic E-state index is 0.412. The molecule has 0 aliphatic rings. The van der Waals surface area contributed by atoms with E-state index < -0.39 is 5.97 Å². The van der Waals surface area contributed by atoms with Gasteiger partial charge in [-0.3, -0.25) is 4.98 Å². The maximum Gasteiger partial charge on any atom is 0.341 e. The Bertz CT molecular complexity index is 590. The second-order valence-electron chi connectivity index (χ2n) is 4.07. The van der Waals surface area contributed by atoms with E-state index in [2.05, 4.69) is 31.2 Å². The Morgan fingerprint density at radius 2 is 2.15 bits per heavy atom. The number of halogens is 1. The molecule has 0 fully saturated rings. The third kappa shape index (κ3) is 3.77. The summed E-state index contributed by atoms with van der Waals surface area (Å²) in [5, 5.41) is 3.15. The average molecular weight is 336 g/mol. The normalized spacial score (nSPS) is 10.1. The van der Waals surface area contributed by atoms with Gasteiger partial charge in [0, 0.05) is 29.6 Å². The van der Waals surface area contributed by atoms with Crippen LogP contribution in [0.2, 0.25) is 0 Å². The third-order valence-electron chi connectivity index (χ3n) is 2.72. The van der Waals surface area contributed by atoms with Gasteiger partial charge in [-0.1, -0.05) is 0 Å². The van der Waals surface area contributed by atoms with Crippen molar-refractivity contribution in [3.8, 4) is 0 Å². The fraction of sp³-hybridized carbons (Fsp3) is 0.214. The molecular weight excluding hydrogens is 322 g/mol. The van der Waals surface area contributed by atoms with Crippen LogP contribution in [-0.4, -0.2) is 29.6 Å². The highest BCUT2D eigenvalue weighted by Crippen LogP contribution is 2.18. The first kappa shape index (κ1) is 14.5. The molecule has 2 aromatic rings. The Kier molecular flexibility index (Phi) is 5.06. The van der Waals surface area contributed by atoms with Crippen molar-refractivity contribution >= 4 is 27.7 Å². The summed E-state index contributed by atoms with van der Waals surface area (Å²) in [5.41, 5.74) is 1.58. The zero-order valence-corrected chi connectivity index (χ0v) is 12.6. The molecule has 0 aliphatic heterocycles. The van der Waals surface area contributed by atoms with Gasteiger partial charge in [0.2, 0.25) is 0 Å². The number of carbonyl (C=O) groups is 1. The Balaban J connectivity index is 2.04. The summed E-state index contributed by atoms with van der Waals surface area (Å²) in [6.07, 6.45) is 5.97. The van der Waals surface area contributed by atoms with Gasteiger partial charge in [0.05, 0.1) is 7.11 Å². The number of hydrogen-bond acceptors (Lipinski definition) is 5. The number of ether oxygens (including phenoxy) is 1. The summed E-state index contributed by atoms with van der Waals surface area (Å²) in [4.78, 5) is 19.9. The second kappa shape index (κ2) is 7.00. The molecule has 0 atom stereocenters. The molecule has 0 radical (unpaired) electrons. The van der Waals surface area contributed by atoms with Gasteiger partial charge in [-0.2, -0.15) is 0 Å². The number of nitrogens with zero attached hydrogens (tertiary/aromatic N) is 2. The largest absolute Gasteiger partial charge is 0.465 e. The van der Waals surface area contributed by atoms with Crippen LogP contribution in [0.4, 0.5) is 5.82 Å². The van der Waals surface area contributed by atoms with Crippen molar-refractivity contribution in [3.05, 3.63) is 52.4 Å². The van der Waals surface area contributed by atoms with Crippen LogP contribution in [0.15, 0.2) is 41.3 Å². The summed E-state index contributed by atoms with van der Waals surface area (Å²) in [6.45, 7) is 0.669. The van der Waals surface area contributed by atoms with Gasteiger partial charge in [-0.05, 0) is 46.1 Å². The van der Waals surface area contributed by atoms with Crippen LogP contribution in [0.25, 0.3) is 0 Å². The fourth-order valence-corrected chi connectivity index (χ4v) is 2.05. The number of aromatic nitrogens is 2. The molecule has 0 spiro atoms. The minimum Gasteiger partial charge on any atom is -0.465 e. The quantitative estimate of drug-likeness (QED) is 0.851. The average Bonchev–Trinajstić information content (AvgIpc) is 2.49. The lowest BCUT2D eigenvalue weighted by Gasteiger charge is -2.10. The monoisotopic (exact) mass is 335 g/mol. The van der Waals surface area contributed by atoms with Crippen molar-refractivity contribution in [1.29, 1.82) is 0 Å². The lowest BCUT2D eigenvalue weighted by Crippen LogP contribution is -2.12. The lowest BCUT2D eigenvalue weighted by atomic mass is 10.2. The van der Waals surface area contributed by atoms with E-state index in [1.165, 1.54) is 12.7 Å². The number of carbonyl (C=O) groups excluding carboxylic acids is 1. The first-order valence-electron chi connectivity index (χ1n) is 6.07. The maximum absolute atomic E-state index is 11.7. The van der Waals surface area contributed by atoms with Crippen LogP contribution < -0.4 is 5.32 Å². The number of methoxy groups -OCH3 is 1. The van der Waals surface area contributed by atoms with Gasteiger partial charge in [-0.15, -0.1) is 0 Å². The van der Waals surface area contributed by atoms with Gasteiger partial charge in [0.25, 0.3) is 0 Å². The van der Waals surface area contributed by atoms with E-state index in [4.69, 9.17) is 4.74 Å². The van der Waals surface area contributed by atoms with Gasteiger partial charge in [0.15, 0.2) is 0 Å². The predicted octanol–water partition coefficient (Wildman–Crippen LogP) is 2.68. The first-order valence-corrected chi connectivity index (χ1v) is 6.86.